The van der Waals surface area contributed by atoms with Gasteiger partial charge in [-0.05, 0) is 26.0 Å². The maximum absolute atomic E-state index is 10.8. The van der Waals surface area contributed by atoms with Crippen molar-refractivity contribution in [1.29, 1.82) is 0 Å². The van der Waals surface area contributed by atoms with Crippen molar-refractivity contribution in [2.24, 2.45) is 0 Å². The molecule has 0 aliphatic heterocycles. The van der Waals surface area contributed by atoms with Gasteiger partial charge in [0.15, 0.2) is 0 Å². The van der Waals surface area contributed by atoms with Crippen LogP contribution in [0.15, 0.2) is 18.3 Å². The molecule has 0 spiro atoms. The minimum absolute atomic E-state index is 0.317. The van der Waals surface area contributed by atoms with Crippen LogP contribution in [-0.4, -0.2) is 21.0 Å². The minimum atomic E-state index is -0.908. The zero-order valence-electron chi connectivity index (χ0n) is 8.89. The number of carboxylic acid groups (broad SMARTS) is 1. The average molecular weight is 234 g/mol. The fourth-order valence-electron chi connectivity index (χ4n) is 1.35. The van der Waals surface area contributed by atoms with E-state index in [1.807, 2.05) is 13.8 Å². The highest BCUT2D eigenvalue weighted by Gasteiger charge is 2.11. The second kappa shape index (κ2) is 4.02. The van der Waals surface area contributed by atoms with Gasteiger partial charge in [-0.3, -0.25) is 4.98 Å². The summed E-state index contributed by atoms with van der Waals surface area (Å²) >= 11 is 1.21. The Labute approximate surface area is 96.6 Å². The first-order valence-corrected chi connectivity index (χ1v) is 5.53. The molecule has 0 saturated carbocycles. The van der Waals surface area contributed by atoms with E-state index in [1.54, 1.807) is 18.3 Å². The third-order valence-corrected chi connectivity index (χ3v) is 3.21. The number of aromatic carboxylic acids is 1. The highest BCUT2D eigenvalue weighted by molar-refractivity contribution is 7.17. The Morgan fingerprint density at radius 2 is 2.12 bits per heavy atom. The van der Waals surface area contributed by atoms with Crippen LogP contribution in [0, 0.1) is 13.8 Å². The van der Waals surface area contributed by atoms with Gasteiger partial charge >= 0.3 is 5.97 Å². The topological polar surface area (TPSA) is 63.1 Å². The molecule has 0 atom stereocenters. The lowest BCUT2D eigenvalue weighted by atomic mass is 10.2. The molecular weight excluding hydrogens is 224 g/mol. The quantitative estimate of drug-likeness (QED) is 0.867. The summed E-state index contributed by atoms with van der Waals surface area (Å²) in [7, 11) is 0. The van der Waals surface area contributed by atoms with Gasteiger partial charge in [0.25, 0.3) is 0 Å². The summed E-state index contributed by atoms with van der Waals surface area (Å²) in [5, 5.41) is 8.84. The number of aromatic nitrogens is 2. The highest BCUT2D eigenvalue weighted by Crippen LogP contribution is 2.28. The third kappa shape index (κ3) is 1.94. The summed E-state index contributed by atoms with van der Waals surface area (Å²) in [6, 6.07) is 3.36. The Balaban J connectivity index is 2.50. The Kier molecular flexibility index (Phi) is 2.70. The molecule has 2 rings (SSSR count). The van der Waals surface area contributed by atoms with Crippen LogP contribution in [-0.2, 0) is 0 Å². The predicted octanol–water partition coefficient (Wildman–Crippen LogP) is 2.52. The molecule has 0 aliphatic carbocycles. The van der Waals surface area contributed by atoms with E-state index in [-0.39, 0.29) is 0 Å². The van der Waals surface area contributed by atoms with Gasteiger partial charge in [0, 0.05) is 6.20 Å². The molecule has 0 saturated heterocycles. The van der Waals surface area contributed by atoms with Gasteiger partial charge < -0.3 is 5.11 Å². The van der Waals surface area contributed by atoms with Crippen LogP contribution in [0.5, 0.6) is 0 Å². The average Bonchev–Trinajstić information content (AvgIpc) is 2.70. The fraction of sp³-hybridized carbons (Fsp3) is 0.182. The largest absolute Gasteiger partial charge is 0.477 e. The van der Waals surface area contributed by atoms with Crippen molar-refractivity contribution in [2.75, 3.05) is 0 Å². The Bertz CT molecular complexity index is 549. The van der Waals surface area contributed by atoms with E-state index in [0.717, 1.165) is 22.0 Å². The predicted molar refractivity (Wildman–Crippen MR) is 61.8 cm³/mol. The van der Waals surface area contributed by atoms with Crippen molar-refractivity contribution in [3.8, 4) is 10.6 Å². The monoisotopic (exact) mass is 234 g/mol. The molecule has 2 heterocycles. The zero-order chi connectivity index (χ0) is 11.7. The summed E-state index contributed by atoms with van der Waals surface area (Å²) in [6.07, 6.45) is 1.70. The molecule has 0 bridgehead atoms. The van der Waals surface area contributed by atoms with Crippen molar-refractivity contribution in [1.82, 2.24) is 9.97 Å². The lowest BCUT2D eigenvalue weighted by Crippen LogP contribution is -1.92. The van der Waals surface area contributed by atoms with E-state index in [0.29, 0.717) is 4.88 Å². The smallest absolute Gasteiger partial charge is 0.345 e. The molecule has 2 aromatic rings. The van der Waals surface area contributed by atoms with Gasteiger partial charge in [0.1, 0.15) is 10.6 Å². The lowest BCUT2D eigenvalue weighted by molar-refractivity contribution is 0.0702. The molecule has 0 aromatic carbocycles. The van der Waals surface area contributed by atoms with Gasteiger partial charge in [-0.2, -0.15) is 0 Å². The number of rotatable bonds is 2. The van der Waals surface area contributed by atoms with Crippen LogP contribution < -0.4 is 0 Å². The van der Waals surface area contributed by atoms with Gasteiger partial charge in [-0.25, -0.2) is 9.78 Å². The van der Waals surface area contributed by atoms with Crippen LogP contribution in [0.4, 0.5) is 0 Å². The number of nitrogens with zero attached hydrogens (tertiary/aromatic N) is 2. The van der Waals surface area contributed by atoms with Crippen molar-refractivity contribution < 1.29 is 9.90 Å². The minimum Gasteiger partial charge on any atom is -0.477 e. The molecule has 0 unspecified atom stereocenters. The molecular formula is C11H10N2O2S. The molecule has 1 N–H and O–H groups in total. The van der Waals surface area contributed by atoms with E-state index < -0.39 is 5.97 Å². The Hall–Kier alpha value is -1.75. The summed E-state index contributed by atoms with van der Waals surface area (Å²) in [4.78, 5) is 20.5. The zero-order valence-corrected chi connectivity index (χ0v) is 9.71. The van der Waals surface area contributed by atoms with Gasteiger partial charge in [0.05, 0.1) is 16.3 Å². The first-order chi connectivity index (χ1) is 7.58. The molecule has 0 aliphatic rings. The molecule has 0 amide bonds. The number of hydrogen-bond acceptors (Lipinski definition) is 4. The van der Waals surface area contributed by atoms with Crippen LogP contribution in [0.3, 0.4) is 0 Å². The fourth-order valence-corrected chi connectivity index (χ4v) is 2.24. The molecule has 2 aromatic heterocycles. The summed E-state index contributed by atoms with van der Waals surface area (Å²) in [5.74, 6) is -0.908. The maximum atomic E-state index is 10.8. The van der Waals surface area contributed by atoms with E-state index in [9.17, 15) is 4.79 Å². The SMILES string of the molecule is Cc1cnc(C)c(-c2ccc(C(=O)O)s2)n1. The van der Waals surface area contributed by atoms with E-state index in [1.165, 1.54) is 11.3 Å². The Morgan fingerprint density at radius 3 is 2.75 bits per heavy atom. The van der Waals surface area contributed by atoms with Crippen LogP contribution >= 0.6 is 11.3 Å². The van der Waals surface area contributed by atoms with E-state index >= 15 is 0 Å². The molecule has 82 valence electrons. The molecule has 4 nitrogen and oxygen atoms in total. The summed E-state index contributed by atoms with van der Waals surface area (Å²) < 4.78 is 0. The molecule has 0 fully saturated rings. The number of thiophene rings is 1. The van der Waals surface area contributed by atoms with E-state index in [4.69, 9.17) is 5.11 Å². The molecule has 0 radical (unpaired) electrons. The van der Waals surface area contributed by atoms with Gasteiger partial charge in [-0.15, -0.1) is 11.3 Å². The first kappa shape index (κ1) is 10.8. The Morgan fingerprint density at radius 1 is 1.38 bits per heavy atom. The highest BCUT2D eigenvalue weighted by atomic mass is 32.1. The van der Waals surface area contributed by atoms with Gasteiger partial charge in [0.2, 0.25) is 0 Å². The van der Waals surface area contributed by atoms with Crippen LogP contribution in [0.1, 0.15) is 21.1 Å². The summed E-state index contributed by atoms with van der Waals surface area (Å²) in [5.41, 5.74) is 2.40. The molecule has 16 heavy (non-hydrogen) atoms. The standard InChI is InChI=1S/C11H10N2O2S/c1-6-5-12-7(2)10(13-6)8-3-4-9(16-8)11(14)15/h3-5H,1-2H3,(H,14,15). The lowest BCUT2D eigenvalue weighted by Gasteiger charge is -2.01. The van der Waals surface area contributed by atoms with Crippen LogP contribution in [0.2, 0.25) is 0 Å². The van der Waals surface area contributed by atoms with Gasteiger partial charge in [-0.1, -0.05) is 0 Å². The second-order valence-electron chi connectivity index (χ2n) is 3.41. The van der Waals surface area contributed by atoms with Crippen molar-refractivity contribution in [2.45, 2.75) is 13.8 Å². The van der Waals surface area contributed by atoms with Crippen LogP contribution in [0.25, 0.3) is 10.6 Å². The molecule has 5 heteroatoms. The third-order valence-electron chi connectivity index (χ3n) is 2.13. The first-order valence-electron chi connectivity index (χ1n) is 4.71. The number of aryl methyl sites for hydroxylation is 2. The second-order valence-corrected chi connectivity index (χ2v) is 4.50. The maximum Gasteiger partial charge on any atom is 0.345 e. The van der Waals surface area contributed by atoms with Crippen molar-refractivity contribution >= 4 is 17.3 Å². The number of hydrogen-bond donors (Lipinski definition) is 1. The normalized spacial score (nSPS) is 10.4. The van der Waals surface area contributed by atoms with Crippen molar-refractivity contribution in [3.63, 3.8) is 0 Å². The number of carboxylic acids is 1. The summed E-state index contributed by atoms with van der Waals surface area (Å²) in [6.45, 7) is 3.73. The van der Waals surface area contributed by atoms with Crippen molar-refractivity contribution in [3.05, 3.63) is 34.6 Å². The number of carbonyl (C=O) groups is 1. The van der Waals surface area contributed by atoms with E-state index in [2.05, 4.69) is 9.97 Å².